The molecule has 0 aromatic carbocycles. The third-order valence-electron chi connectivity index (χ3n) is 1.50. The van der Waals surface area contributed by atoms with Crippen molar-refractivity contribution in [2.24, 2.45) is 0 Å². The van der Waals surface area contributed by atoms with Crippen LogP contribution in [-0.4, -0.2) is 39.7 Å². The monoisotopic (exact) mass is 221 g/mol. The van der Waals surface area contributed by atoms with Crippen molar-refractivity contribution in [1.82, 2.24) is 5.32 Å². The number of hydrogen-bond acceptors (Lipinski definition) is 3. The second kappa shape index (κ2) is 7.49. The fourth-order valence-corrected chi connectivity index (χ4v) is 1.36. The van der Waals surface area contributed by atoms with Crippen molar-refractivity contribution < 1.29 is 18.9 Å². The molecule has 0 rings (SSSR count). The molecule has 14 heavy (non-hydrogen) atoms. The molecule has 0 bridgehead atoms. The summed E-state index contributed by atoms with van der Waals surface area (Å²) in [5.41, 5.74) is 0. The lowest BCUT2D eigenvalue weighted by Gasteiger charge is -2.02. The van der Waals surface area contributed by atoms with Gasteiger partial charge in [0.1, 0.15) is 0 Å². The normalized spacial score (nSPS) is 12.1. The van der Waals surface area contributed by atoms with Gasteiger partial charge in [-0.2, -0.15) is 0 Å². The van der Waals surface area contributed by atoms with Gasteiger partial charge in [0.15, 0.2) is 0 Å². The summed E-state index contributed by atoms with van der Waals surface area (Å²) in [5, 5.41) is 10.8. The molecule has 0 aromatic rings. The van der Waals surface area contributed by atoms with Crippen LogP contribution in [0.1, 0.15) is 19.3 Å². The highest BCUT2D eigenvalue weighted by molar-refractivity contribution is 7.84. The lowest BCUT2D eigenvalue weighted by Crippen LogP contribution is -2.25. The topological polar surface area (TPSA) is 83.5 Å². The maximum atomic E-state index is 10.9. The summed E-state index contributed by atoms with van der Waals surface area (Å²) in [6.07, 6.45) is 2.12. The van der Waals surface area contributed by atoms with E-state index in [1.165, 1.54) is 0 Å². The molecule has 6 heteroatoms. The number of carboxylic acid groups (broad SMARTS) is 1. The third kappa shape index (κ3) is 9.18. The van der Waals surface area contributed by atoms with E-state index in [1.807, 2.05) is 0 Å². The Morgan fingerprint density at radius 3 is 2.50 bits per heavy atom. The Morgan fingerprint density at radius 2 is 2.00 bits per heavy atom. The summed E-state index contributed by atoms with van der Waals surface area (Å²) in [6, 6.07) is 0. The smallest absolute Gasteiger partial charge is 0.303 e. The van der Waals surface area contributed by atoms with Crippen molar-refractivity contribution in [2.45, 2.75) is 19.3 Å². The number of rotatable bonds is 7. The Morgan fingerprint density at radius 1 is 1.36 bits per heavy atom. The number of carbonyl (C=O) groups is 2. The summed E-state index contributed by atoms with van der Waals surface area (Å²) < 4.78 is 10.6. The quantitative estimate of drug-likeness (QED) is 0.580. The van der Waals surface area contributed by atoms with Gasteiger partial charge < -0.3 is 10.4 Å². The summed E-state index contributed by atoms with van der Waals surface area (Å²) >= 11 is 0. The van der Waals surface area contributed by atoms with Crippen molar-refractivity contribution in [2.75, 3.05) is 18.6 Å². The van der Waals surface area contributed by atoms with Gasteiger partial charge in [-0.05, 0) is 6.42 Å². The predicted molar refractivity (Wildman–Crippen MR) is 53.4 cm³/mol. The van der Waals surface area contributed by atoms with Crippen LogP contribution in [0.5, 0.6) is 0 Å². The van der Waals surface area contributed by atoms with E-state index >= 15 is 0 Å². The first-order valence-electron chi connectivity index (χ1n) is 4.31. The fourth-order valence-electron chi connectivity index (χ4n) is 0.812. The van der Waals surface area contributed by atoms with Crippen LogP contribution >= 0.6 is 0 Å². The largest absolute Gasteiger partial charge is 0.481 e. The molecular formula is C8H15NO4S. The highest BCUT2D eigenvalue weighted by Crippen LogP contribution is 1.89. The van der Waals surface area contributed by atoms with E-state index in [9.17, 15) is 13.8 Å². The van der Waals surface area contributed by atoms with Gasteiger partial charge in [-0.3, -0.25) is 13.8 Å². The van der Waals surface area contributed by atoms with E-state index in [0.29, 0.717) is 18.7 Å². The van der Waals surface area contributed by atoms with E-state index in [-0.39, 0.29) is 18.7 Å². The first-order valence-corrected chi connectivity index (χ1v) is 6.03. The average Bonchev–Trinajstić information content (AvgIpc) is 2.08. The minimum Gasteiger partial charge on any atom is -0.481 e. The minimum absolute atomic E-state index is 0.00451. The molecule has 0 fully saturated rings. The van der Waals surface area contributed by atoms with Gasteiger partial charge in [0, 0.05) is 35.8 Å². The zero-order chi connectivity index (χ0) is 11.0. The van der Waals surface area contributed by atoms with Crippen molar-refractivity contribution in [3.05, 3.63) is 0 Å². The van der Waals surface area contributed by atoms with Crippen LogP contribution in [0.25, 0.3) is 0 Å². The third-order valence-corrected chi connectivity index (χ3v) is 2.36. The number of carbonyl (C=O) groups excluding carboxylic acids is 1. The summed E-state index contributed by atoms with van der Waals surface area (Å²) in [7, 11) is -0.837. The molecule has 82 valence electrons. The van der Waals surface area contributed by atoms with Crippen molar-refractivity contribution in [1.29, 1.82) is 0 Å². The Balaban J connectivity index is 3.36. The van der Waals surface area contributed by atoms with Gasteiger partial charge in [-0.1, -0.05) is 0 Å². The average molecular weight is 221 g/mol. The molecule has 1 unspecified atom stereocenters. The number of carboxylic acids is 1. The van der Waals surface area contributed by atoms with Crippen LogP contribution in [-0.2, 0) is 20.4 Å². The molecule has 0 aromatic heterocycles. The van der Waals surface area contributed by atoms with Crippen LogP contribution in [0, 0.1) is 0 Å². The number of nitrogens with one attached hydrogen (secondary N) is 1. The van der Waals surface area contributed by atoms with Crippen LogP contribution in [0.3, 0.4) is 0 Å². The lowest BCUT2D eigenvalue weighted by molar-refractivity contribution is -0.138. The zero-order valence-corrected chi connectivity index (χ0v) is 8.93. The Labute approximate surface area is 85.3 Å². The molecule has 0 aliphatic carbocycles. The molecule has 5 nitrogen and oxygen atoms in total. The maximum Gasteiger partial charge on any atom is 0.303 e. The van der Waals surface area contributed by atoms with Gasteiger partial charge in [-0.15, -0.1) is 0 Å². The molecule has 0 saturated carbocycles. The Kier molecular flexibility index (Phi) is 7.00. The fraction of sp³-hybridized carbons (Fsp3) is 0.750. The molecule has 0 radical (unpaired) electrons. The van der Waals surface area contributed by atoms with Crippen LogP contribution in [0.4, 0.5) is 0 Å². The number of aliphatic carboxylic acids is 1. The second-order valence-corrected chi connectivity index (χ2v) is 4.43. The zero-order valence-electron chi connectivity index (χ0n) is 8.12. The molecule has 0 aliphatic rings. The van der Waals surface area contributed by atoms with E-state index in [2.05, 4.69) is 5.32 Å². The molecule has 2 N–H and O–H groups in total. The van der Waals surface area contributed by atoms with Crippen LogP contribution in [0.15, 0.2) is 0 Å². The van der Waals surface area contributed by atoms with Crippen molar-refractivity contribution in [3.63, 3.8) is 0 Å². The molecular weight excluding hydrogens is 206 g/mol. The van der Waals surface area contributed by atoms with Gasteiger partial charge in [-0.25, -0.2) is 0 Å². The highest BCUT2D eigenvalue weighted by atomic mass is 32.2. The highest BCUT2D eigenvalue weighted by Gasteiger charge is 2.04. The SMILES string of the molecule is CS(=O)CCCNC(=O)CCC(=O)O. The standard InChI is InChI=1S/C8H15NO4S/c1-14(13)6-2-5-9-7(10)3-4-8(11)12/h2-6H2,1H3,(H,9,10)(H,11,12). The molecule has 1 atom stereocenters. The predicted octanol–water partition coefficient (Wildman–Crippen LogP) is -0.264. The van der Waals surface area contributed by atoms with E-state index in [1.54, 1.807) is 6.26 Å². The van der Waals surface area contributed by atoms with E-state index in [0.717, 1.165) is 0 Å². The number of hydrogen-bond donors (Lipinski definition) is 2. The van der Waals surface area contributed by atoms with Crippen molar-refractivity contribution in [3.8, 4) is 0 Å². The first kappa shape index (κ1) is 13.1. The Hall–Kier alpha value is -0.910. The van der Waals surface area contributed by atoms with Crippen LogP contribution < -0.4 is 5.32 Å². The first-order chi connectivity index (χ1) is 6.52. The van der Waals surface area contributed by atoms with E-state index in [4.69, 9.17) is 5.11 Å². The molecule has 0 heterocycles. The maximum absolute atomic E-state index is 10.9. The molecule has 0 aliphatic heterocycles. The molecule has 1 amide bonds. The second-order valence-electron chi connectivity index (χ2n) is 2.87. The summed E-state index contributed by atoms with van der Waals surface area (Å²) in [6.45, 7) is 0.456. The Bertz CT molecular complexity index is 229. The van der Waals surface area contributed by atoms with Crippen molar-refractivity contribution >= 4 is 22.7 Å². The molecule has 0 spiro atoms. The summed E-state index contributed by atoms with van der Waals surface area (Å²) in [4.78, 5) is 21.0. The van der Waals surface area contributed by atoms with Gasteiger partial charge in [0.25, 0.3) is 0 Å². The van der Waals surface area contributed by atoms with Gasteiger partial charge in [0.05, 0.1) is 6.42 Å². The lowest BCUT2D eigenvalue weighted by atomic mass is 10.3. The van der Waals surface area contributed by atoms with E-state index < -0.39 is 16.8 Å². The van der Waals surface area contributed by atoms with Gasteiger partial charge in [0.2, 0.25) is 5.91 Å². The van der Waals surface area contributed by atoms with Crippen LogP contribution in [0.2, 0.25) is 0 Å². The summed E-state index contributed by atoms with van der Waals surface area (Å²) in [5.74, 6) is -0.691. The number of amides is 1. The van der Waals surface area contributed by atoms with Gasteiger partial charge >= 0.3 is 5.97 Å². The minimum atomic E-state index is -0.977. The molecule has 0 saturated heterocycles.